The van der Waals surface area contributed by atoms with E-state index in [4.69, 9.17) is 0 Å². The monoisotopic (exact) mass is 310 g/mol. The lowest BCUT2D eigenvalue weighted by atomic mass is 10.1. The second-order valence-corrected chi connectivity index (χ2v) is 4.58. The second kappa shape index (κ2) is 14.4. The number of likely N-dealkylation sites (tertiary alicyclic amines) is 1. The summed E-state index contributed by atoms with van der Waals surface area (Å²) < 4.78 is 1.60. The molecule has 0 unspecified atom stereocenters. The lowest BCUT2D eigenvalue weighted by Gasteiger charge is -2.21. The molecule has 1 aliphatic rings. The van der Waals surface area contributed by atoms with E-state index in [1.807, 2.05) is 53.8 Å². The molecule has 1 saturated heterocycles. The minimum Gasteiger partial charge on any atom is -0.346 e. The molecule has 1 aliphatic heterocycles. The van der Waals surface area contributed by atoms with Gasteiger partial charge in [0.1, 0.15) is 0 Å². The van der Waals surface area contributed by atoms with Crippen molar-refractivity contribution in [3.05, 3.63) is 34.2 Å². The van der Waals surface area contributed by atoms with Crippen molar-refractivity contribution >= 4 is 5.91 Å². The van der Waals surface area contributed by atoms with Crippen LogP contribution in [0.15, 0.2) is 23.1 Å². The number of carbonyl (C=O) groups is 1. The van der Waals surface area contributed by atoms with Gasteiger partial charge in [0, 0.05) is 38.8 Å². The largest absolute Gasteiger partial charge is 0.346 e. The quantitative estimate of drug-likeness (QED) is 0.795. The Morgan fingerprint density at radius 3 is 2.00 bits per heavy atom. The predicted octanol–water partition coefficient (Wildman–Crippen LogP) is 3.63. The van der Waals surface area contributed by atoms with Gasteiger partial charge in [-0.05, 0) is 25.3 Å². The van der Waals surface area contributed by atoms with Crippen molar-refractivity contribution in [1.29, 1.82) is 0 Å². The highest BCUT2D eigenvalue weighted by Gasteiger charge is 2.12. The molecule has 2 heterocycles. The molecule has 1 aromatic heterocycles. The third kappa shape index (κ3) is 8.65. The number of hydrogen-bond acceptors (Lipinski definition) is 2. The molecule has 1 aromatic rings. The molecule has 0 N–H and O–H groups in total. The maximum Gasteiger partial charge on any atom is 0.253 e. The van der Waals surface area contributed by atoms with Crippen LogP contribution in [0.25, 0.3) is 0 Å². The van der Waals surface area contributed by atoms with Gasteiger partial charge in [-0.25, -0.2) is 0 Å². The summed E-state index contributed by atoms with van der Waals surface area (Å²) in [5.41, 5.74) is 0.995. The number of carbonyl (C=O) groups excluding carboxylic acids is 1. The smallest absolute Gasteiger partial charge is 0.253 e. The molecule has 128 valence electrons. The van der Waals surface area contributed by atoms with E-state index >= 15 is 0 Å². The zero-order valence-corrected chi connectivity index (χ0v) is 15.5. The zero-order chi connectivity index (χ0) is 17.5. The molecule has 0 bridgehead atoms. The van der Waals surface area contributed by atoms with E-state index in [1.54, 1.807) is 22.7 Å². The molecule has 0 aliphatic carbocycles. The highest BCUT2D eigenvalue weighted by molar-refractivity contribution is 5.76. The lowest BCUT2D eigenvalue weighted by Crippen LogP contribution is -2.31. The first-order valence-electron chi connectivity index (χ1n) is 8.44. The Hall–Kier alpha value is -1.58. The number of hydrogen-bond donors (Lipinski definition) is 0. The summed E-state index contributed by atoms with van der Waals surface area (Å²) in [6, 6.07) is 3.75. The van der Waals surface area contributed by atoms with Gasteiger partial charge in [-0.2, -0.15) is 0 Å². The van der Waals surface area contributed by atoms with E-state index in [1.165, 1.54) is 6.42 Å². The van der Waals surface area contributed by atoms with Crippen molar-refractivity contribution in [2.75, 3.05) is 13.6 Å². The first kappa shape index (κ1) is 22.7. The van der Waals surface area contributed by atoms with Crippen LogP contribution in [-0.2, 0) is 18.3 Å². The molecular weight excluding hydrogens is 276 g/mol. The number of rotatable bonds is 1. The Kier molecular flexibility index (Phi) is 14.8. The number of aryl methyl sites for hydroxylation is 2. The Morgan fingerprint density at radius 1 is 1.05 bits per heavy atom. The van der Waals surface area contributed by atoms with Crippen molar-refractivity contribution < 1.29 is 4.79 Å². The average molecular weight is 310 g/mol. The van der Waals surface area contributed by atoms with E-state index in [-0.39, 0.29) is 5.56 Å². The number of amides is 1. The van der Waals surface area contributed by atoms with E-state index in [0.717, 1.165) is 31.4 Å². The van der Waals surface area contributed by atoms with E-state index in [0.29, 0.717) is 5.91 Å². The molecule has 0 aromatic carbocycles. The van der Waals surface area contributed by atoms with Crippen molar-refractivity contribution in [2.24, 2.45) is 7.05 Å². The fraction of sp³-hybridized carbons (Fsp3) is 0.667. The molecule has 0 spiro atoms. The van der Waals surface area contributed by atoms with Gasteiger partial charge in [0.25, 0.3) is 5.56 Å². The van der Waals surface area contributed by atoms with E-state index in [2.05, 4.69) is 0 Å². The Bertz CT molecular complexity index is 453. The highest BCUT2D eigenvalue weighted by atomic mass is 16.2. The first-order chi connectivity index (χ1) is 10.6. The van der Waals surface area contributed by atoms with Gasteiger partial charge in [-0.15, -0.1) is 0 Å². The van der Waals surface area contributed by atoms with Crippen LogP contribution in [0.2, 0.25) is 0 Å². The van der Waals surface area contributed by atoms with Crippen molar-refractivity contribution in [3.8, 4) is 0 Å². The Balaban J connectivity index is 0. The van der Waals surface area contributed by atoms with E-state index < -0.39 is 0 Å². The third-order valence-corrected chi connectivity index (χ3v) is 3.14. The van der Waals surface area contributed by atoms with Crippen molar-refractivity contribution in [3.63, 3.8) is 0 Å². The minimum absolute atomic E-state index is 0.116. The lowest BCUT2D eigenvalue weighted by molar-refractivity contribution is -0.131. The summed E-state index contributed by atoms with van der Waals surface area (Å²) >= 11 is 0. The summed E-state index contributed by atoms with van der Waals surface area (Å²) in [5.74, 6) is 0.302. The zero-order valence-electron chi connectivity index (χ0n) is 15.5. The van der Waals surface area contributed by atoms with Gasteiger partial charge in [0.2, 0.25) is 5.91 Å². The molecular formula is C18H34N2O2. The number of aromatic nitrogens is 1. The molecule has 0 saturated carbocycles. The van der Waals surface area contributed by atoms with Crippen LogP contribution in [0.3, 0.4) is 0 Å². The van der Waals surface area contributed by atoms with Gasteiger partial charge in [0.05, 0.1) is 0 Å². The summed E-state index contributed by atoms with van der Waals surface area (Å²) in [7, 11) is 3.63. The maximum absolute atomic E-state index is 11.2. The van der Waals surface area contributed by atoms with Gasteiger partial charge in [0.15, 0.2) is 0 Å². The van der Waals surface area contributed by atoms with Gasteiger partial charge < -0.3 is 9.47 Å². The standard InChI is InChI=1S/C8H11NO.C6H11NO.2C2H6/c1-3-7-5-4-6-9(2)8(7)10;1-7-5-3-2-4-6(7)8;2*1-2/h4-6H,3H2,1-2H3;2-5H2,1H3;2*1-2H3. The van der Waals surface area contributed by atoms with Crippen LogP contribution < -0.4 is 5.56 Å². The summed E-state index contributed by atoms with van der Waals surface area (Å²) in [6.07, 6.45) is 5.61. The Labute approximate surface area is 136 Å². The molecule has 4 heteroatoms. The normalized spacial score (nSPS) is 12.9. The topological polar surface area (TPSA) is 42.3 Å². The Morgan fingerprint density at radius 2 is 1.64 bits per heavy atom. The van der Waals surface area contributed by atoms with Crippen LogP contribution in [-0.4, -0.2) is 29.0 Å². The number of piperidine rings is 1. The molecule has 0 atom stereocenters. The summed E-state index contributed by atoms with van der Waals surface area (Å²) in [4.78, 5) is 23.7. The van der Waals surface area contributed by atoms with Gasteiger partial charge in [-0.1, -0.05) is 40.7 Å². The molecule has 1 fully saturated rings. The highest BCUT2D eigenvalue weighted by Crippen LogP contribution is 2.06. The van der Waals surface area contributed by atoms with Crippen LogP contribution in [0, 0.1) is 0 Å². The molecule has 22 heavy (non-hydrogen) atoms. The fourth-order valence-corrected chi connectivity index (χ4v) is 1.86. The fourth-order valence-electron chi connectivity index (χ4n) is 1.86. The molecule has 2 rings (SSSR count). The van der Waals surface area contributed by atoms with Crippen molar-refractivity contribution in [2.45, 2.75) is 60.3 Å². The van der Waals surface area contributed by atoms with E-state index in [9.17, 15) is 9.59 Å². The maximum atomic E-state index is 11.2. The van der Waals surface area contributed by atoms with Crippen LogP contribution in [0.5, 0.6) is 0 Å². The van der Waals surface area contributed by atoms with Crippen LogP contribution in [0.1, 0.15) is 59.4 Å². The number of pyridine rings is 1. The summed E-state index contributed by atoms with van der Waals surface area (Å²) in [6.45, 7) is 10.9. The van der Waals surface area contributed by atoms with Gasteiger partial charge in [-0.3, -0.25) is 9.59 Å². The van der Waals surface area contributed by atoms with Crippen LogP contribution >= 0.6 is 0 Å². The van der Waals surface area contributed by atoms with Crippen molar-refractivity contribution in [1.82, 2.24) is 9.47 Å². The third-order valence-electron chi connectivity index (χ3n) is 3.14. The second-order valence-electron chi connectivity index (χ2n) is 4.58. The first-order valence-corrected chi connectivity index (χ1v) is 8.44. The SMILES string of the molecule is CC.CC.CCc1cccn(C)c1=O.CN1CCCCC1=O. The predicted molar refractivity (Wildman–Crippen MR) is 95.2 cm³/mol. The molecule has 0 radical (unpaired) electrons. The molecule has 4 nitrogen and oxygen atoms in total. The summed E-state index contributed by atoms with van der Waals surface area (Å²) in [5, 5.41) is 0. The molecule has 1 amide bonds. The van der Waals surface area contributed by atoms with Gasteiger partial charge >= 0.3 is 0 Å². The van der Waals surface area contributed by atoms with Crippen LogP contribution in [0.4, 0.5) is 0 Å². The minimum atomic E-state index is 0.116. The average Bonchev–Trinajstić information content (AvgIpc) is 2.57. The number of nitrogens with zero attached hydrogens (tertiary/aromatic N) is 2.